The van der Waals surface area contributed by atoms with Gasteiger partial charge in [-0.3, -0.25) is 9.78 Å². The third kappa shape index (κ3) is 2.23. The number of aliphatic hydroxyl groups is 2. The number of nitrogens with one attached hydrogen (secondary N) is 1. The van der Waals surface area contributed by atoms with E-state index in [1.807, 2.05) is 0 Å². The zero-order chi connectivity index (χ0) is 13.3. The van der Waals surface area contributed by atoms with Gasteiger partial charge in [0.2, 0.25) is 6.41 Å². The van der Waals surface area contributed by atoms with Crippen molar-refractivity contribution in [3.8, 4) is 0 Å². The van der Waals surface area contributed by atoms with Crippen LogP contribution in [0.3, 0.4) is 0 Å². The van der Waals surface area contributed by atoms with E-state index in [-0.39, 0.29) is 13.2 Å². The van der Waals surface area contributed by atoms with Crippen LogP contribution in [0.5, 0.6) is 0 Å². The molecule has 2 heterocycles. The lowest BCUT2D eigenvalue weighted by atomic mass is 10.2. The van der Waals surface area contributed by atoms with Crippen molar-refractivity contribution < 1.29 is 19.7 Å². The van der Waals surface area contributed by atoms with Crippen molar-refractivity contribution in [3.05, 3.63) is 32.6 Å². The molecule has 0 aliphatic carbocycles. The third-order valence-electron chi connectivity index (χ3n) is 2.73. The molecule has 18 heavy (non-hydrogen) atoms. The summed E-state index contributed by atoms with van der Waals surface area (Å²) in [5.41, 5.74) is -0.827. The normalized spacial score (nSPS) is 24.6. The highest BCUT2D eigenvalue weighted by Crippen LogP contribution is 2.25. The Morgan fingerprint density at radius 3 is 2.33 bits per heavy atom. The molecule has 1 aromatic heterocycles. The Morgan fingerprint density at radius 2 is 1.83 bits per heavy atom. The van der Waals surface area contributed by atoms with Crippen LogP contribution in [0.4, 0.5) is 0 Å². The molecule has 0 unspecified atom stereocenters. The summed E-state index contributed by atoms with van der Waals surface area (Å²) in [4.78, 5) is 24.9. The Kier molecular flexibility index (Phi) is 3.62. The molecule has 1 saturated heterocycles. The monoisotopic (exact) mass is 258 g/mol. The molecule has 8 nitrogen and oxygen atoms in total. The maximum atomic E-state index is 11.6. The Labute approximate surface area is 101 Å². The van der Waals surface area contributed by atoms with Crippen molar-refractivity contribution in [1.29, 1.82) is 0 Å². The predicted octanol–water partition coefficient (Wildman–Crippen LogP) is -1.93. The number of rotatable bonds is 3. The van der Waals surface area contributed by atoms with E-state index in [1.165, 1.54) is 13.1 Å². The summed E-state index contributed by atoms with van der Waals surface area (Å²) in [6.07, 6.45) is -1.18. The Morgan fingerprint density at radius 1 is 1.28 bits per heavy atom. The van der Waals surface area contributed by atoms with Crippen LogP contribution in [0.25, 0.3) is 0 Å². The number of aromatic nitrogens is 2. The molecule has 0 aromatic carbocycles. The van der Waals surface area contributed by atoms with Gasteiger partial charge < -0.3 is 19.7 Å². The number of aromatic amines is 1. The van der Waals surface area contributed by atoms with Gasteiger partial charge in [0, 0.05) is 11.8 Å². The molecule has 1 fully saturated rings. The topological polar surface area (TPSA) is 114 Å². The standard InChI is InChI=1S/C10H14N2O6/c1-5-2-12(9(16)11-8(5)15)10-17-6(3-13)7(4-14)18-10/h2,6-7,10,13-14H,3-4H2,1H3,(H,11,15,16)/t6-,7-/m1/s1. The van der Waals surface area contributed by atoms with Gasteiger partial charge in [-0.25, -0.2) is 9.36 Å². The van der Waals surface area contributed by atoms with Crippen LogP contribution in [0, 0.1) is 6.92 Å². The van der Waals surface area contributed by atoms with E-state index in [4.69, 9.17) is 19.7 Å². The van der Waals surface area contributed by atoms with Gasteiger partial charge in [-0.05, 0) is 6.92 Å². The molecule has 1 aliphatic rings. The minimum atomic E-state index is -1.07. The van der Waals surface area contributed by atoms with E-state index < -0.39 is 29.9 Å². The van der Waals surface area contributed by atoms with Gasteiger partial charge in [-0.2, -0.15) is 0 Å². The molecule has 2 atom stereocenters. The lowest BCUT2D eigenvalue weighted by molar-refractivity contribution is -0.131. The first kappa shape index (κ1) is 13.0. The molecular weight excluding hydrogens is 244 g/mol. The lowest BCUT2D eigenvalue weighted by Gasteiger charge is -2.13. The van der Waals surface area contributed by atoms with Gasteiger partial charge >= 0.3 is 5.69 Å². The summed E-state index contributed by atoms with van der Waals surface area (Å²) in [6.45, 7) is 0.869. The zero-order valence-corrected chi connectivity index (χ0v) is 9.70. The molecular formula is C10H14N2O6. The second-order valence-electron chi connectivity index (χ2n) is 4.00. The quantitative estimate of drug-likeness (QED) is 0.582. The number of hydrogen-bond acceptors (Lipinski definition) is 6. The van der Waals surface area contributed by atoms with Gasteiger partial charge in [-0.15, -0.1) is 0 Å². The fraction of sp³-hybridized carbons (Fsp3) is 0.600. The number of H-pyrrole nitrogens is 1. The van der Waals surface area contributed by atoms with Crippen molar-refractivity contribution in [1.82, 2.24) is 9.55 Å². The van der Waals surface area contributed by atoms with Gasteiger partial charge in [0.05, 0.1) is 13.2 Å². The highest BCUT2D eigenvalue weighted by molar-refractivity contribution is 5.01. The van der Waals surface area contributed by atoms with Crippen molar-refractivity contribution in [3.63, 3.8) is 0 Å². The van der Waals surface area contributed by atoms with Gasteiger partial charge in [0.15, 0.2) is 0 Å². The summed E-state index contributed by atoms with van der Waals surface area (Å²) < 4.78 is 11.6. The Balaban J connectivity index is 2.31. The second kappa shape index (κ2) is 5.02. The van der Waals surface area contributed by atoms with Crippen LogP contribution in [0.1, 0.15) is 12.0 Å². The highest BCUT2D eigenvalue weighted by atomic mass is 16.8. The molecule has 1 aromatic rings. The fourth-order valence-electron chi connectivity index (χ4n) is 1.70. The van der Waals surface area contributed by atoms with E-state index in [1.54, 1.807) is 0 Å². The SMILES string of the molecule is Cc1cn(C2O[C@H](CO)[C@@H](CO)O2)c(=O)[nH]c1=O. The Hall–Kier alpha value is -1.48. The lowest BCUT2D eigenvalue weighted by Crippen LogP contribution is -2.34. The average molecular weight is 258 g/mol. The van der Waals surface area contributed by atoms with E-state index >= 15 is 0 Å². The summed E-state index contributed by atoms with van der Waals surface area (Å²) in [7, 11) is 0. The summed E-state index contributed by atoms with van der Waals surface area (Å²) in [5, 5.41) is 18.1. The first-order valence-electron chi connectivity index (χ1n) is 5.41. The minimum absolute atomic E-state index is 0.329. The molecule has 8 heteroatoms. The van der Waals surface area contributed by atoms with E-state index in [9.17, 15) is 9.59 Å². The second-order valence-corrected chi connectivity index (χ2v) is 4.00. The molecule has 0 bridgehead atoms. The van der Waals surface area contributed by atoms with Crippen molar-refractivity contribution in [2.75, 3.05) is 13.2 Å². The van der Waals surface area contributed by atoms with Crippen molar-refractivity contribution >= 4 is 0 Å². The van der Waals surface area contributed by atoms with Gasteiger partial charge in [0.1, 0.15) is 12.2 Å². The summed E-state index contributed by atoms with van der Waals surface area (Å²) in [5.74, 6) is 0. The average Bonchev–Trinajstić information content (AvgIpc) is 2.76. The highest BCUT2D eigenvalue weighted by Gasteiger charge is 2.36. The first-order valence-corrected chi connectivity index (χ1v) is 5.41. The fourth-order valence-corrected chi connectivity index (χ4v) is 1.70. The maximum absolute atomic E-state index is 11.6. The maximum Gasteiger partial charge on any atom is 0.332 e. The van der Waals surface area contributed by atoms with Crippen LogP contribution in [-0.4, -0.2) is 45.2 Å². The number of nitrogens with zero attached hydrogens (tertiary/aromatic N) is 1. The van der Waals surface area contributed by atoms with Gasteiger partial charge in [-0.1, -0.05) is 0 Å². The molecule has 2 rings (SSSR count). The van der Waals surface area contributed by atoms with E-state index in [0.29, 0.717) is 5.56 Å². The Bertz CT molecular complexity index is 524. The largest absolute Gasteiger partial charge is 0.394 e. The van der Waals surface area contributed by atoms with Crippen molar-refractivity contribution in [2.45, 2.75) is 25.5 Å². The third-order valence-corrected chi connectivity index (χ3v) is 2.73. The van der Waals surface area contributed by atoms with Crippen LogP contribution >= 0.6 is 0 Å². The van der Waals surface area contributed by atoms with Crippen LogP contribution in [-0.2, 0) is 9.47 Å². The van der Waals surface area contributed by atoms with E-state index in [2.05, 4.69) is 4.98 Å². The number of ether oxygens (including phenoxy) is 2. The minimum Gasteiger partial charge on any atom is -0.394 e. The van der Waals surface area contributed by atoms with Crippen molar-refractivity contribution in [2.24, 2.45) is 0 Å². The van der Waals surface area contributed by atoms with Crippen LogP contribution < -0.4 is 11.2 Å². The molecule has 1 aliphatic heterocycles. The van der Waals surface area contributed by atoms with E-state index in [0.717, 1.165) is 4.57 Å². The number of hydrogen-bond donors (Lipinski definition) is 3. The molecule has 0 amide bonds. The number of aryl methyl sites for hydroxylation is 1. The first-order chi connectivity index (χ1) is 8.56. The summed E-state index contributed by atoms with van der Waals surface area (Å²) >= 11 is 0. The smallest absolute Gasteiger partial charge is 0.332 e. The number of aliphatic hydroxyl groups excluding tert-OH is 2. The van der Waals surface area contributed by atoms with Gasteiger partial charge in [0.25, 0.3) is 5.56 Å². The molecule has 0 spiro atoms. The van der Waals surface area contributed by atoms with Crippen LogP contribution in [0.2, 0.25) is 0 Å². The van der Waals surface area contributed by atoms with Crippen LogP contribution in [0.15, 0.2) is 15.8 Å². The molecule has 3 N–H and O–H groups in total. The molecule has 0 saturated carbocycles. The zero-order valence-electron chi connectivity index (χ0n) is 9.70. The predicted molar refractivity (Wildman–Crippen MR) is 59.0 cm³/mol. The summed E-state index contributed by atoms with van der Waals surface area (Å²) in [6, 6.07) is 0. The molecule has 100 valence electrons. The molecule has 0 radical (unpaired) electrons.